The van der Waals surface area contributed by atoms with Gasteiger partial charge in [0.2, 0.25) is 15.9 Å². The normalized spacial score (nSPS) is 23.1. The van der Waals surface area contributed by atoms with Crippen molar-refractivity contribution >= 4 is 15.9 Å². The van der Waals surface area contributed by atoms with Crippen LogP contribution in [0.15, 0.2) is 18.2 Å². The van der Waals surface area contributed by atoms with Gasteiger partial charge >= 0.3 is 0 Å². The summed E-state index contributed by atoms with van der Waals surface area (Å²) in [4.78, 5) is 17.4. The molecule has 1 atom stereocenters. The minimum Gasteiger partial charge on any atom is -0.491 e. The fraction of sp³-hybridized carbons (Fsp3) is 0.696. The molecule has 2 heterocycles. The van der Waals surface area contributed by atoms with Gasteiger partial charge in [-0.25, -0.2) is 8.42 Å². The second kappa shape index (κ2) is 9.46. The molecule has 3 aliphatic rings. The van der Waals surface area contributed by atoms with E-state index in [1.54, 1.807) is 4.31 Å². The number of carbonyl (C=O) groups excluding carboxylic acids is 1. The maximum Gasteiger partial charge on any atom is 0.237 e. The number of nitrogens with zero attached hydrogens (tertiary/aromatic N) is 3. The molecule has 0 unspecified atom stereocenters. The van der Waals surface area contributed by atoms with Gasteiger partial charge in [0.05, 0.1) is 18.8 Å². The number of benzene rings is 1. The van der Waals surface area contributed by atoms with Crippen molar-refractivity contribution in [1.82, 2.24) is 14.1 Å². The van der Waals surface area contributed by atoms with Crippen LogP contribution in [-0.2, 0) is 27.9 Å². The summed E-state index contributed by atoms with van der Waals surface area (Å²) in [6, 6.07) is 6.00. The Labute approximate surface area is 186 Å². The molecule has 1 amide bonds. The van der Waals surface area contributed by atoms with E-state index in [1.807, 2.05) is 30.0 Å². The zero-order valence-electron chi connectivity index (χ0n) is 18.8. The molecule has 0 radical (unpaired) electrons. The zero-order valence-corrected chi connectivity index (χ0v) is 19.6. The Morgan fingerprint density at radius 3 is 2.52 bits per heavy atom. The third kappa shape index (κ3) is 5.79. The van der Waals surface area contributed by atoms with Crippen LogP contribution in [0.2, 0.25) is 0 Å². The Balaban J connectivity index is 1.48. The number of rotatable bonds is 6. The summed E-state index contributed by atoms with van der Waals surface area (Å²) < 4.78 is 32.0. The Hall–Kier alpha value is -1.64. The molecule has 1 saturated carbocycles. The highest BCUT2D eigenvalue weighted by Gasteiger charge is 2.35. The van der Waals surface area contributed by atoms with Gasteiger partial charge < -0.3 is 9.64 Å². The molecule has 7 nitrogen and oxygen atoms in total. The highest BCUT2D eigenvalue weighted by atomic mass is 32.2. The number of hydrogen-bond donors (Lipinski definition) is 0. The number of carbonyl (C=O) groups is 1. The average molecular weight is 450 g/mol. The molecule has 172 valence electrons. The summed E-state index contributed by atoms with van der Waals surface area (Å²) in [5, 5.41) is 0. The molecule has 31 heavy (non-hydrogen) atoms. The van der Waals surface area contributed by atoms with Crippen LogP contribution >= 0.6 is 0 Å². The lowest BCUT2D eigenvalue weighted by atomic mass is 10.1. The summed E-state index contributed by atoms with van der Waals surface area (Å²) in [5.74, 6) is 0.935. The predicted molar refractivity (Wildman–Crippen MR) is 120 cm³/mol. The van der Waals surface area contributed by atoms with Gasteiger partial charge in [0.1, 0.15) is 12.4 Å². The lowest BCUT2D eigenvalue weighted by Crippen LogP contribution is -2.45. The predicted octanol–water partition coefficient (Wildman–Crippen LogP) is 2.60. The van der Waals surface area contributed by atoms with Gasteiger partial charge in [-0.2, -0.15) is 4.31 Å². The van der Waals surface area contributed by atoms with E-state index in [1.165, 1.54) is 19.1 Å². The van der Waals surface area contributed by atoms with Crippen molar-refractivity contribution in [3.8, 4) is 5.75 Å². The van der Waals surface area contributed by atoms with Gasteiger partial charge in [0.25, 0.3) is 0 Å². The largest absolute Gasteiger partial charge is 0.491 e. The van der Waals surface area contributed by atoms with Crippen molar-refractivity contribution in [3.05, 3.63) is 29.3 Å². The summed E-state index contributed by atoms with van der Waals surface area (Å²) in [5.41, 5.74) is 1.89. The maximum absolute atomic E-state index is 13.2. The second-order valence-electron chi connectivity index (χ2n) is 9.35. The van der Waals surface area contributed by atoms with Crippen molar-refractivity contribution in [2.75, 3.05) is 32.5 Å². The smallest absolute Gasteiger partial charge is 0.237 e. The van der Waals surface area contributed by atoms with E-state index in [-0.39, 0.29) is 18.0 Å². The van der Waals surface area contributed by atoms with Crippen LogP contribution in [0.5, 0.6) is 5.75 Å². The van der Waals surface area contributed by atoms with Crippen molar-refractivity contribution in [2.24, 2.45) is 0 Å². The van der Waals surface area contributed by atoms with E-state index in [9.17, 15) is 13.2 Å². The molecule has 1 saturated heterocycles. The second-order valence-corrected chi connectivity index (χ2v) is 11.3. The Bertz CT molecular complexity index is 892. The van der Waals surface area contributed by atoms with E-state index >= 15 is 0 Å². The topological polar surface area (TPSA) is 70.2 Å². The first-order chi connectivity index (χ1) is 14.8. The molecule has 1 aromatic rings. The SMILES string of the molecule is C[C@H]1COc2ccc(CN(C3CC3)S(C)(=O)=O)cc2CN1C(=O)CN1CCCCCC1. The summed E-state index contributed by atoms with van der Waals surface area (Å²) in [7, 11) is -3.25. The van der Waals surface area contributed by atoms with Crippen molar-refractivity contribution in [3.63, 3.8) is 0 Å². The monoisotopic (exact) mass is 449 g/mol. The molecule has 1 aliphatic carbocycles. The van der Waals surface area contributed by atoms with Crippen LogP contribution in [0.1, 0.15) is 56.6 Å². The molecule has 0 bridgehead atoms. The minimum atomic E-state index is -3.25. The molecule has 4 rings (SSSR count). The van der Waals surface area contributed by atoms with E-state index in [0.29, 0.717) is 26.2 Å². The first kappa shape index (κ1) is 22.6. The Morgan fingerprint density at radius 2 is 1.87 bits per heavy atom. The van der Waals surface area contributed by atoms with Crippen molar-refractivity contribution < 1.29 is 17.9 Å². The van der Waals surface area contributed by atoms with Crippen LogP contribution in [0, 0.1) is 0 Å². The van der Waals surface area contributed by atoms with Gasteiger partial charge in [-0.1, -0.05) is 18.9 Å². The molecule has 0 N–H and O–H groups in total. The first-order valence-electron chi connectivity index (χ1n) is 11.5. The number of fused-ring (bicyclic) bond motifs is 1. The van der Waals surface area contributed by atoms with Gasteiger partial charge in [-0.15, -0.1) is 0 Å². The quantitative estimate of drug-likeness (QED) is 0.668. The third-order valence-electron chi connectivity index (χ3n) is 6.57. The van der Waals surface area contributed by atoms with E-state index < -0.39 is 10.0 Å². The fourth-order valence-electron chi connectivity index (χ4n) is 4.61. The minimum absolute atomic E-state index is 0.00527. The molecular weight excluding hydrogens is 414 g/mol. The lowest BCUT2D eigenvalue weighted by Gasteiger charge is -2.29. The molecule has 8 heteroatoms. The zero-order chi connectivity index (χ0) is 22.0. The third-order valence-corrected chi connectivity index (χ3v) is 7.85. The molecule has 1 aromatic carbocycles. The van der Waals surface area contributed by atoms with Crippen molar-refractivity contribution in [2.45, 2.75) is 70.6 Å². The number of ether oxygens (including phenoxy) is 1. The number of amides is 1. The first-order valence-corrected chi connectivity index (χ1v) is 13.4. The summed E-state index contributed by atoms with van der Waals surface area (Å²) >= 11 is 0. The number of hydrogen-bond acceptors (Lipinski definition) is 5. The Morgan fingerprint density at radius 1 is 1.16 bits per heavy atom. The van der Waals surface area contributed by atoms with Crippen molar-refractivity contribution in [1.29, 1.82) is 0 Å². The molecule has 0 spiro atoms. The van der Waals surface area contributed by atoms with Gasteiger partial charge in [-0.05, 0) is 63.4 Å². The highest BCUT2D eigenvalue weighted by molar-refractivity contribution is 7.88. The maximum atomic E-state index is 13.2. The van der Waals surface area contributed by atoms with Crippen LogP contribution in [0.3, 0.4) is 0 Å². The fourth-order valence-corrected chi connectivity index (χ4v) is 5.74. The molecule has 2 aliphatic heterocycles. The summed E-state index contributed by atoms with van der Waals surface area (Å²) in [6.07, 6.45) is 7.96. The van der Waals surface area contributed by atoms with E-state index in [0.717, 1.165) is 55.6 Å². The van der Waals surface area contributed by atoms with E-state index in [4.69, 9.17) is 4.74 Å². The van der Waals surface area contributed by atoms with Crippen LogP contribution < -0.4 is 4.74 Å². The van der Waals surface area contributed by atoms with Gasteiger partial charge in [0.15, 0.2) is 0 Å². The standard InChI is InChI=1S/C23H35N3O4S/c1-18-17-30-22-10-7-19(14-26(21-8-9-21)31(2,28)29)13-20(22)15-25(18)23(27)16-24-11-5-3-4-6-12-24/h7,10,13,18,21H,3-6,8-9,11-12,14-17H2,1-2H3/t18-/m0/s1. The molecular formula is C23H35N3O4S. The van der Waals surface area contributed by atoms with Crippen LogP contribution in [0.4, 0.5) is 0 Å². The summed E-state index contributed by atoms with van der Waals surface area (Å²) in [6.45, 7) is 5.82. The highest BCUT2D eigenvalue weighted by Crippen LogP contribution is 2.32. The lowest BCUT2D eigenvalue weighted by molar-refractivity contribution is -0.135. The van der Waals surface area contributed by atoms with Gasteiger partial charge in [-0.3, -0.25) is 9.69 Å². The van der Waals surface area contributed by atoms with Crippen LogP contribution in [0.25, 0.3) is 0 Å². The molecule has 0 aromatic heterocycles. The van der Waals surface area contributed by atoms with Gasteiger partial charge in [0, 0.05) is 24.7 Å². The number of sulfonamides is 1. The molecule has 2 fully saturated rings. The average Bonchev–Trinajstić information content (AvgIpc) is 3.56. The van der Waals surface area contributed by atoms with Crippen LogP contribution in [-0.4, -0.2) is 73.0 Å². The van der Waals surface area contributed by atoms with E-state index in [2.05, 4.69) is 4.90 Å². The Kier molecular flexibility index (Phi) is 6.89. The number of likely N-dealkylation sites (tertiary alicyclic amines) is 1.